The van der Waals surface area contributed by atoms with E-state index in [2.05, 4.69) is 4.98 Å². The van der Waals surface area contributed by atoms with Gasteiger partial charge in [0.1, 0.15) is 11.6 Å². The van der Waals surface area contributed by atoms with Crippen LogP contribution in [-0.2, 0) is 5.92 Å². The zero-order valence-corrected chi connectivity index (χ0v) is 23.0. The van der Waals surface area contributed by atoms with Gasteiger partial charge in [-0.2, -0.15) is 8.78 Å². The zero-order chi connectivity index (χ0) is 29.5. The molecule has 4 aromatic rings. The SMILES string of the molecule is C/C=C(/c1cccc(C(C)(F)F)c1)c1cc(F)c(C(=O)N2CCC(c3nc4ccccc4n3C(F)F)CC2)cc1C. The van der Waals surface area contributed by atoms with Gasteiger partial charge in [-0.05, 0) is 79.3 Å². The highest BCUT2D eigenvalue weighted by Gasteiger charge is 2.31. The van der Waals surface area contributed by atoms with Crippen molar-refractivity contribution in [2.45, 2.75) is 52.0 Å². The van der Waals surface area contributed by atoms with Crippen LogP contribution in [0, 0.1) is 12.7 Å². The van der Waals surface area contributed by atoms with Crippen molar-refractivity contribution < 1.29 is 26.7 Å². The standard InChI is InChI=1S/C32H30F5N3O/c1-4-23(21-8-7-9-22(17-21)32(3,36)37)24-18-26(33)25(16-19(24)2)30(41)39-14-12-20(13-15-39)29-38-27-10-5-6-11-28(27)40(29)31(34)35/h4-11,16-18,20,31H,12-15H2,1-3H3/b23-4-. The van der Waals surface area contributed by atoms with Crippen LogP contribution in [0.5, 0.6) is 0 Å². The van der Waals surface area contributed by atoms with Gasteiger partial charge in [-0.15, -0.1) is 0 Å². The Balaban J connectivity index is 1.36. The van der Waals surface area contributed by atoms with Gasteiger partial charge in [-0.1, -0.05) is 36.4 Å². The number of hydrogen-bond donors (Lipinski definition) is 0. The largest absolute Gasteiger partial charge is 0.339 e. The molecule has 0 spiro atoms. The molecule has 2 heterocycles. The van der Waals surface area contributed by atoms with Gasteiger partial charge in [0, 0.05) is 31.5 Å². The van der Waals surface area contributed by atoms with Crippen LogP contribution in [0.3, 0.4) is 0 Å². The quantitative estimate of drug-likeness (QED) is 0.219. The number of carbonyl (C=O) groups is 1. The maximum Gasteiger partial charge on any atom is 0.320 e. The number of carbonyl (C=O) groups excluding carboxylic acids is 1. The van der Waals surface area contributed by atoms with Gasteiger partial charge in [0.25, 0.3) is 11.8 Å². The van der Waals surface area contributed by atoms with E-state index in [4.69, 9.17) is 0 Å². The summed E-state index contributed by atoms with van der Waals surface area (Å²) in [7, 11) is 0. The maximum atomic E-state index is 15.4. The van der Waals surface area contributed by atoms with Crippen LogP contribution in [0.4, 0.5) is 22.0 Å². The Bertz CT molecular complexity index is 1630. The topological polar surface area (TPSA) is 38.1 Å². The number of rotatable bonds is 6. The first-order valence-electron chi connectivity index (χ1n) is 13.5. The number of nitrogens with zero attached hydrogens (tertiary/aromatic N) is 3. The predicted molar refractivity (Wildman–Crippen MR) is 149 cm³/mol. The molecular weight excluding hydrogens is 537 g/mol. The molecule has 0 atom stereocenters. The molecule has 214 valence electrons. The van der Waals surface area contributed by atoms with Crippen LogP contribution in [-0.4, -0.2) is 33.4 Å². The summed E-state index contributed by atoms with van der Waals surface area (Å²) in [5, 5.41) is 0. The third-order valence-electron chi connectivity index (χ3n) is 7.77. The normalized spacial score (nSPS) is 15.2. The first-order valence-corrected chi connectivity index (χ1v) is 13.5. The Hall–Kier alpha value is -4.01. The fourth-order valence-corrected chi connectivity index (χ4v) is 5.64. The molecule has 4 nitrogen and oxygen atoms in total. The van der Waals surface area contributed by atoms with Gasteiger partial charge in [-0.25, -0.2) is 18.2 Å². The number of allylic oxidation sites excluding steroid dienone is 1. The summed E-state index contributed by atoms with van der Waals surface area (Å²) < 4.78 is 72.1. The molecule has 1 aliphatic heterocycles. The Morgan fingerprint density at radius 3 is 2.39 bits per heavy atom. The monoisotopic (exact) mass is 567 g/mol. The van der Waals surface area contributed by atoms with E-state index in [1.165, 1.54) is 35.2 Å². The minimum atomic E-state index is -3.02. The van der Waals surface area contributed by atoms with Crippen molar-refractivity contribution in [3.05, 3.63) is 106 Å². The Labute approximate surface area is 235 Å². The van der Waals surface area contributed by atoms with Crippen LogP contribution in [0.25, 0.3) is 16.6 Å². The van der Waals surface area contributed by atoms with Crippen LogP contribution in [0.15, 0.2) is 66.7 Å². The summed E-state index contributed by atoms with van der Waals surface area (Å²) in [6, 6.07) is 15.5. The van der Waals surface area contributed by atoms with Crippen LogP contribution in [0.2, 0.25) is 0 Å². The lowest BCUT2D eigenvalue weighted by Gasteiger charge is -2.32. The number of amides is 1. The number of para-hydroxylation sites is 2. The van der Waals surface area contributed by atoms with E-state index < -0.39 is 24.2 Å². The molecule has 1 amide bonds. The van der Waals surface area contributed by atoms with E-state index in [0.29, 0.717) is 52.0 Å². The summed E-state index contributed by atoms with van der Waals surface area (Å²) >= 11 is 0. The zero-order valence-electron chi connectivity index (χ0n) is 23.0. The van der Waals surface area contributed by atoms with Crippen LogP contribution >= 0.6 is 0 Å². The molecule has 3 aromatic carbocycles. The Morgan fingerprint density at radius 1 is 1.02 bits per heavy atom. The van der Waals surface area contributed by atoms with Crippen molar-refractivity contribution in [1.29, 1.82) is 0 Å². The van der Waals surface area contributed by atoms with Gasteiger partial charge in [0.2, 0.25) is 0 Å². The molecular formula is C32H30F5N3O. The molecule has 41 heavy (non-hydrogen) atoms. The average molecular weight is 568 g/mol. The lowest BCUT2D eigenvalue weighted by molar-refractivity contribution is 0.0174. The van der Waals surface area contributed by atoms with Gasteiger partial charge < -0.3 is 4.90 Å². The highest BCUT2D eigenvalue weighted by molar-refractivity contribution is 5.96. The maximum absolute atomic E-state index is 15.4. The number of piperidine rings is 1. The number of likely N-dealkylation sites (tertiary alicyclic amines) is 1. The molecule has 1 aromatic heterocycles. The average Bonchev–Trinajstić information content (AvgIpc) is 3.35. The fourth-order valence-electron chi connectivity index (χ4n) is 5.64. The third-order valence-corrected chi connectivity index (χ3v) is 7.77. The van der Waals surface area contributed by atoms with Crippen molar-refractivity contribution in [2.75, 3.05) is 13.1 Å². The summed E-state index contributed by atoms with van der Waals surface area (Å²) in [6.07, 6.45) is 2.57. The third kappa shape index (κ3) is 5.49. The predicted octanol–water partition coefficient (Wildman–Crippen LogP) is 8.46. The van der Waals surface area contributed by atoms with Crippen molar-refractivity contribution in [1.82, 2.24) is 14.5 Å². The minimum absolute atomic E-state index is 0.0891. The molecule has 9 heteroatoms. The van der Waals surface area contributed by atoms with E-state index in [0.717, 1.165) is 11.5 Å². The van der Waals surface area contributed by atoms with E-state index in [-0.39, 0.29) is 30.1 Å². The number of benzene rings is 3. The Kier molecular flexibility index (Phi) is 7.72. The van der Waals surface area contributed by atoms with Crippen molar-refractivity contribution in [3.63, 3.8) is 0 Å². The molecule has 0 saturated carbocycles. The molecule has 0 radical (unpaired) electrons. The summed E-state index contributed by atoms with van der Waals surface area (Å²) in [5.74, 6) is -4.19. The number of aryl methyl sites for hydroxylation is 1. The summed E-state index contributed by atoms with van der Waals surface area (Å²) in [5.41, 5.74) is 2.85. The molecule has 0 bridgehead atoms. The van der Waals surface area contributed by atoms with Crippen molar-refractivity contribution >= 4 is 22.5 Å². The first-order chi connectivity index (χ1) is 19.5. The number of hydrogen-bond acceptors (Lipinski definition) is 2. The van der Waals surface area contributed by atoms with Crippen molar-refractivity contribution in [3.8, 4) is 0 Å². The number of alkyl halides is 4. The highest BCUT2D eigenvalue weighted by Crippen LogP contribution is 2.35. The van der Waals surface area contributed by atoms with E-state index in [1.807, 2.05) is 0 Å². The molecule has 1 aliphatic rings. The van der Waals surface area contributed by atoms with Gasteiger partial charge in [-0.3, -0.25) is 9.36 Å². The fraction of sp³-hybridized carbons (Fsp3) is 0.312. The number of aromatic nitrogens is 2. The molecule has 0 aliphatic carbocycles. The lowest BCUT2D eigenvalue weighted by atomic mass is 9.90. The molecule has 0 N–H and O–H groups in total. The molecule has 0 unspecified atom stereocenters. The minimum Gasteiger partial charge on any atom is -0.339 e. The summed E-state index contributed by atoms with van der Waals surface area (Å²) in [6.45, 7) is 2.12. The van der Waals surface area contributed by atoms with E-state index >= 15 is 4.39 Å². The number of fused-ring (bicyclic) bond motifs is 1. The van der Waals surface area contributed by atoms with E-state index in [1.54, 1.807) is 50.3 Å². The van der Waals surface area contributed by atoms with Crippen LogP contribution < -0.4 is 0 Å². The van der Waals surface area contributed by atoms with Gasteiger partial charge in [0.15, 0.2) is 0 Å². The second-order valence-corrected chi connectivity index (χ2v) is 10.5. The Morgan fingerprint density at radius 2 is 1.73 bits per heavy atom. The van der Waals surface area contributed by atoms with E-state index in [9.17, 15) is 22.4 Å². The highest BCUT2D eigenvalue weighted by atomic mass is 19.3. The smallest absolute Gasteiger partial charge is 0.320 e. The molecule has 5 rings (SSSR count). The second kappa shape index (κ2) is 11.1. The first kappa shape index (κ1) is 28.5. The second-order valence-electron chi connectivity index (χ2n) is 10.5. The molecule has 1 fully saturated rings. The molecule has 1 saturated heterocycles. The van der Waals surface area contributed by atoms with Gasteiger partial charge in [0.05, 0.1) is 16.6 Å². The number of imidazole rings is 1. The van der Waals surface area contributed by atoms with Crippen LogP contribution in [0.1, 0.15) is 77.6 Å². The number of halogens is 5. The van der Waals surface area contributed by atoms with Crippen molar-refractivity contribution in [2.24, 2.45) is 0 Å². The van der Waals surface area contributed by atoms with Gasteiger partial charge >= 0.3 is 6.55 Å². The lowest BCUT2D eigenvalue weighted by Crippen LogP contribution is -2.38. The summed E-state index contributed by atoms with van der Waals surface area (Å²) in [4.78, 5) is 19.4.